The Morgan fingerprint density at radius 3 is 1.50 bits per heavy atom. The first-order chi connectivity index (χ1) is 24.8. The summed E-state index contributed by atoms with van der Waals surface area (Å²) >= 11 is 0. The topological polar surface area (TPSA) is 48.5 Å². The van der Waals surface area contributed by atoms with Crippen molar-refractivity contribution in [2.75, 3.05) is 0 Å². The molecule has 0 aliphatic rings. The molecule has 0 bridgehead atoms. The lowest BCUT2D eigenvalue weighted by Crippen LogP contribution is -2.07. The number of nitrogens with zero attached hydrogens (tertiary/aromatic N) is 5. The molecule has 5 heteroatoms. The first-order valence-electron chi connectivity index (χ1n) is 16.8. The predicted octanol–water partition coefficient (Wildman–Crippen LogP) is 11.1. The lowest BCUT2D eigenvalue weighted by Gasteiger charge is -2.15. The van der Waals surface area contributed by atoms with Gasteiger partial charge in [-0.1, -0.05) is 133 Å². The molecule has 0 aliphatic carbocycles. The molecule has 0 saturated carbocycles. The number of rotatable bonds is 5. The molecule has 10 aromatic rings. The van der Waals surface area contributed by atoms with E-state index in [1.807, 2.05) is 18.2 Å². The Labute approximate surface area is 288 Å². The van der Waals surface area contributed by atoms with E-state index in [0.29, 0.717) is 17.6 Å². The van der Waals surface area contributed by atoms with Crippen molar-refractivity contribution in [3.8, 4) is 45.5 Å². The fourth-order valence-corrected chi connectivity index (χ4v) is 7.34. The SMILES string of the molecule is c1ccc(-c2ccc3c(c2)c2ccccc2n3-c2nc(-c3ccccc3)nc(-c3ccccc3-n3c4ccccc4c4ccccc43)n2)cc1. The number of hydrogen-bond donors (Lipinski definition) is 0. The van der Waals surface area contributed by atoms with Gasteiger partial charge in [-0.3, -0.25) is 4.57 Å². The average Bonchev–Trinajstić information content (AvgIpc) is 3.71. The van der Waals surface area contributed by atoms with E-state index in [1.165, 1.54) is 21.9 Å². The number of aromatic nitrogens is 5. The Hall–Kier alpha value is -6.85. The summed E-state index contributed by atoms with van der Waals surface area (Å²) in [7, 11) is 0. The molecule has 7 aromatic carbocycles. The van der Waals surface area contributed by atoms with E-state index >= 15 is 0 Å². The minimum absolute atomic E-state index is 0.574. The highest BCUT2D eigenvalue weighted by Crippen LogP contribution is 2.38. The lowest BCUT2D eigenvalue weighted by molar-refractivity contribution is 0.951. The maximum Gasteiger partial charge on any atom is 0.238 e. The molecular weight excluding hydrogens is 611 g/mol. The molecule has 5 nitrogen and oxygen atoms in total. The highest BCUT2D eigenvalue weighted by Gasteiger charge is 2.21. The molecule has 10 rings (SSSR count). The third kappa shape index (κ3) is 4.45. The fraction of sp³-hybridized carbons (Fsp3) is 0. The maximum absolute atomic E-state index is 5.31. The van der Waals surface area contributed by atoms with E-state index in [0.717, 1.165) is 49.7 Å². The summed E-state index contributed by atoms with van der Waals surface area (Å²) in [6, 6.07) is 61.4. The molecule has 0 radical (unpaired) electrons. The van der Waals surface area contributed by atoms with Crippen LogP contribution in [0.25, 0.3) is 89.2 Å². The van der Waals surface area contributed by atoms with E-state index in [9.17, 15) is 0 Å². The minimum atomic E-state index is 0.574. The third-order valence-electron chi connectivity index (χ3n) is 9.60. The largest absolute Gasteiger partial charge is 0.309 e. The van der Waals surface area contributed by atoms with Gasteiger partial charge in [0.25, 0.3) is 0 Å². The van der Waals surface area contributed by atoms with Crippen molar-refractivity contribution in [3.05, 3.63) is 176 Å². The van der Waals surface area contributed by atoms with Gasteiger partial charge in [0.1, 0.15) is 0 Å². The molecule has 0 unspecified atom stereocenters. The molecule has 0 N–H and O–H groups in total. The van der Waals surface area contributed by atoms with Crippen molar-refractivity contribution in [2.45, 2.75) is 0 Å². The molecule has 0 fully saturated rings. The zero-order valence-corrected chi connectivity index (χ0v) is 27.0. The van der Waals surface area contributed by atoms with Gasteiger partial charge in [0.15, 0.2) is 11.6 Å². The zero-order chi connectivity index (χ0) is 33.0. The van der Waals surface area contributed by atoms with Crippen molar-refractivity contribution >= 4 is 43.6 Å². The quantitative estimate of drug-likeness (QED) is 0.188. The van der Waals surface area contributed by atoms with Crippen molar-refractivity contribution in [1.29, 1.82) is 0 Å². The number of fused-ring (bicyclic) bond motifs is 6. The van der Waals surface area contributed by atoms with Crippen LogP contribution in [0.15, 0.2) is 176 Å². The molecule has 3 heterocycles. The Morgan fingerprint density at radius 2 is 0.820 bits per heavy atom. The Balaban J connectivity index is 1.25. The van der Waals surface area contributed by atoms with Gasteiger partial charge in [0.05, 0.1) is 27.8 Å². The highest BCUT2D eigenvalue weighted by molar-refractivity contribution is 6.11. The summed E-state index contributed by atoms with van der Waals surface area (Å²) < 4.78 is 4.51. The first-order valence-corrected chi connectivity index (χ1v) is 16.8. The van der Waals surface area contributed by atoms with E-state index in [2.05, 4.69) is 167 Å². The Morgan fingerprint density at radius 1 is 0.320 bits per heavy atom. The number of benzene rings is 7. The summed E-state index contributed by atoms with van der Waals surface area (Å²) in [6.45, 7) is 0. The van der Waals surface area contributed by atoms with Crippen LogP contribution in [-0.2, 0) is 0 Å². The second-order valence-corrected chi connectivity index (χ2v) is 12.5. The summed E-state index contributed by atoms with van der Waals surface area (Å²) in [5, 5.41) is 4.71. The molecule has 0 amide bonds. The average molecular weight is 640 g/mol. The Kier molecular flexibility index (Phi) is 6.42. The van der Waals surface area contributed by atoms with Crippen molar-refractivity contribution < 1.29 is 0 Å². The van der Waals surface area contributed by atoms with Crippen molar-refractivity contribution in [1.82, 2.24) is 24.1 Å². The van der Waals surface area contributed by atoms with Crippen LogP contribution in [0, 0.1) is 0 Å². The number of para-hydroxylation sites is 4. The van der Waals surface area contributed by atoms with E-state index in [-0.39, 0.29) is 0 Å². The monoisotopic (exact) mass is 639 g/mol. The van der Waals surface area contributed by atoms with Crippen LogP contribution in [0.4, 0.5) is 0 Å². The van der Waals surface area contributed by atoms with Gasteiger partial charge in [-0.25, -0.2) is 4.98 Å². The highest BCUT2D eigenvalue weighted by atomic mass is 15.2. The normalized spacial score (nSPS) is 11.6. The lowest BCUT2D eigenvalue weighted by atomic mass is 10.0. The van der Waals surface area contributed by atoms with Crippen LogP contribution in [-0.4, -0.2) is 24.1 Å². The molecular formula is C45H29N5. The summed E-state index contributed by atoms with van der Waals surface area (Å²) in [6.07, 6.45) is 0. The van der Waals surface area contributed by atoms with E-state index in [1.54, 1.807) is 0 Å². The number of hydrogen-bond acceptors (Lipinski definition) is 3. The van der Waals surface area contributed by atoms with Crippen LogP contribution in [0.3, 0.4) is 0 Å². The molecule has 3 aromatic heterocycles. The molecule has 50 heavy (non-hydrogen) atoms. The van der Waals surface area contributed by atoms with Crippen molar-refractivity contribution in [3.63, 3.8) is 0 Å². The fourth-order valence-electron chi connectivity index (χ4n) is 7.34. The molecule has 0 saturated heterocycles. The van der Waals surface area contributed by atoms with Gasteiger partial charge in [0.2, 0.25) is 5.95 Å². The van der Waals surface area contributed by atoms with E-state index in [4.69, 9.17) is 15.0 Å². The Bertz CT molecular complexity index is 2810. The first kappa shape index (κ1) is 28.2. The van der Waals surface area contributed by atoms with Gasteiger partial charge < -0.3 is 4.57 Å². The zero-order valence-electron chi connectivity index (χ0n) is 27.0. The summed E-state index contributed by atoms with van der Waals surface area (Å²) in [5.74, 6) is 1.80. The van der Waals surface area contributed by atoms with Gasteiger partial charge in [-0.05, 0) is 53.6 Å². The van der Waals surface area contributed by atoms with Crippen LogP contribution in [0.5, 0.6) is 0 Å². The van der Waals surface area contributed by atoms with Crippen LogP contribution < -0.4 is 0 Å². The second kappa shape index (κ2) is 11.4. The maximum atomic E-state index is 5.31. The molecule has 0 aliphatic heterocycles. The molecule has 234 valence electrons. The summed E-state index contributed by atoms with van der Waals surface area (Å²) in [5.41, 5.74) is 9.56. The van der Waals surface area contributed by atoms with Crippen LogP contribution in [0.2, 0.25) is 0 Å². The van der Waals surface area contributed by atoms with E-state index < -0.39 is 0 Å². The van der Waals surface area contributed by atoms with Gasteiger partial charge in [-0.15, -0.1) is 0 Å². The van der Waals surface area contributed by atoms with Gasteiger partial charge >= 0.3 is 0 Å². The van der Waals surface area contributed by atoms with Crippen LogP contribution in [0.1, 0.15) is 0 Å². The van der Waals surface area contributed by atoms with Gasteiger partial charge in [0, 0.05) is 32.7 Å². The van der Waals surface area contributed by atoms with Crippen molar-refractivity contribution in [2.24, 2.45) is 0 Å². The summed E-state index contributed by atoms with van der Waals surface area (Å²) in [4.78, 5) is 15.7. The second-order valence-electron chi connectivity index (χ2n) is 12.5. The molecule has 0 atom stereocenters. The smallest absolute Gasteiger partial charge is 0.238 e. The van der Waals surface area contributed by atoms with Gasteiger partial charge in [-0.2, -0.15) is 9.97 Å². The molecule has 0 spiro atoms. The standard InChI is InChI=1S/C45H29N5/c1-3-15-30(16-4-1)32-27-28-42-37(29-32)35-21-9-13-25-40(35)50(42)45-47-43(31-17-5-2-6-18-31)46-44(48-45)36-22-10-14-26-41(36)49-38-23-11-7-19-33(38)34-20-8-12-24-39(34)49/h1-29H. The predicted molar refractivity (Wildman–Crippen MR) is 205 cm³/mol. The minimum Gasteiger partial charge on any atom is -0.309 e. The third-order valence-corrected chi connectivity index (χ3v) is 9.60. The van der Waals surface area contributed by atoms with Crippen LogP contribution >= 0.6 is 0 Å².